The Balaban J connectivity index is 1.12. The molecule has 56 heavy (non-hydrogen) atoms. The van der Waals surface area contributed by atoms with E-state index < -0.39 is 0 Å². The lowest BCUT2D eigenvalue weighted by Gasteiger charge is -2.30. The number of hydrogen-bond acceptors (Lipinski definition) is 3. The molecule has 0 atom stereocenters. The molecule has 258 valence electrons. The minimum atomic E-state index is -0.388. The highest BCUT2D eigenvalue weighted by atomic mass is 32.1. The molecular formula is C53H30N2S. The first-order valence-electron chi connectivity index (χ1n) is 19.2. The van der Waals surface area contributed by atoms with Crippen LogP contribution in [0.3, 0.4) is 0 Å². The van der Waals surface area contributed by atoms with Gasteiger partial charge in [-0.3, -0.25) is 0 Å². The van der Waals surface area contributed by atoms with E-state index in [0.717, 1.165) is 33.5 Å². The molecule has 0 radical (unpaired) electrons. The maximum absolute atomic E-state index is 5.58. The van der Waals surface area contributed by atoms with Crippen molar-refractivity contribution in [2.75, 3.05) is 0 Å². The molecule has 2 aliphatic carbocycles. The normalized spacial score (nSPS) is 13.5. The number of hydrogen-bond donors (Lipinski definition) is 0. The van der Waals surface area contributed by atoms with Crippen molar-refractivity contribution >= 4 is 64.0 Å². The van der Waals surface area contributed by atoms with Crippen LogP contribution < -0.4 is 0 Å². The fourth-order valence-electron chi connectivity index (χ4n) is 10.1. The van der Waals surface area contributed by atoms with Crippen LogP contribution in [-0.4, -0.2) is 9.97 Å². The predicted molar refractivity (Wildman–Crippen MR) is 235 cm³/mol. The van der Waals surface area contributed by atoms with Gasteiger partial charge in [-0.1, -0.05) is 152 Å². The SMILES string of the molecule is c1ccc2c(c1)-c1ccccc1C21c2ccccc2-c2cc(-c3nc(-c4cccc5ccccc45)c4ccc5sc6cc7ccccc7cc6c5c4n3)ccc21. The molecule has 0 N–H and O–H groups in total. The molecule has 2 nitrogen and oxygen atoms in total. The molecule has 0 unspecified atom stereocenters. The summed E-state index contributed by atoms with van der Waals surface area (Å²) >= 11 is 1.84. The zero-order valence-corrected chi connectivity index (χ0v) is 30.9. The Labute approximate surface area is 327 Å². The Morgan fingerprint density at radius 3 is 1.71 bits per heavy atom. The lowest BCUT2D eigenvalue weighted by atomic mass is 9.70. The molecule has 0 saturated carbocycles. The van der Waals surface area contributed by atoms with E-state index in [9.17, 15) is 0 Å². The van der Waals surface area contributed by atoms with Crippen molar-refractivity contribution < 1.29 is 0 Å². The van der Waals surface area contributed by atoms with Crippen LogP contribution in [-0.2, 0) is 5.41 Å². The standard InChI is InChI=1S/C53H30N2S/c1-2-14-33-30-48-42(28-32(33)13-1)49-47(56-48)27-25-40-50(39-20-11-15-31-12-3-4-16-35(31)39)54-52(55-51(40)49)34-24-26-46-41(29-34)38-19-7-10-23-45(38)53(46)43-21-8-5-17-36(43)37-18-6-9-22-44(37)53/h1-30H. The molecule has 0 saturated heterocycles. The molecule has 0 fully saturated rings. The molecule has 9 aromatic carbocycles. The van der Waals surface area contributed by atoms with E-state index in [0.29, 0.717) is 0 Å². The topological polar surface area (TPSA) is 25.8 Å². The van der Waals surface area contributed by atoms with Crippen molar-refractivity contribution in [1.29, 1.82) is 0 Å². The van der Waals surface area contributed by atoms with Crippen molar-refractivity contribution in [3.8, 4) is 44.9 Å². The summed E-state index contributed by atoms with van der Waals surface area (Å²) in [5.74, 6) is 0.738. The second kappa shape index (κ2) is 11.1. The molecule has 1 spiro atoms. The van der Waals surface area contributed by atoms with Gasteiger partial charge in [-0.2, -0.15) is 0 Å². The Bertz CT molecular complexity index is 3450. The molecule has 0 aliphatic heterocycles. The number of rotatable bonds is 2. The Hall–Kier alpha value is -6.94. The van der Waals surface area contributed by atoms with Gasteiger partial charge in [0.25, 0.3) is 0 Å². The second-order valence-corrected chi connectivity index (χ2v) is 16.3. The van der Waals surface area contributed by atoms with E-state index in [1.807, 2.05) is 11.3 Å². The number of aromatic nitrogens is 2. The summed E-state index contributed by atoms with van der Waals surface area (Å²) in [6.07, 6.45) is 0. The summed E-state index contributed by atoms with van der Waals surface area (Å²) in [4.78, 5) is 11.1. The highest BCUT2D eigenvalue weighted by molar-refractivity contribution is 7.26. The van der Waals surface area contributed by atoms with Crippen LogP contribution in [0, 0.1) is 0 Å². The average molecular weight is 727 g/mol. The molecule has 0 amide bonds. The number of fused-ring (bicyclic) bond motifs is 17. The minimum absolute atomic E-state index is 0.388. The highest BCUT2D eigenvalue weighted by Crippen LogP contribution is 2.63. The van der Waals surface area contributed by atoms with E-state index in [2.05, 4.69) is 182 Å². The summed E-state index contributed by atoms with van der Waals surface area (Å²) in [5.41, 5.74) is 14.2. The van der Waals surface area contributed by atoms with Crippen LogP contribution in [0.25, 0.3) is 97.5 Å². The molecule has 3 heteroatoms. The highest BCUT2D eigenvalue weighted by Gasteiger charge is 2.51. The van der Waals surface area contributed by atoms with Gasteiger partial charge in [0.2, 0.25) is 0 Å². The molecule has 2 aliphatic rings. The van der Waals surface area contributed by atoms with Crippen molar-refractivity contribution in [3.05, 3.63) is 204 Å². The van der Waals surface area contributed by atoms with Crippen LogP contribution in [0.4, 0.5) is 0 Å². The third-order valence-electron chi connectivity index (χ3n) is 12.5. The largest absolute Gasteiger partial charge is 0.227 e. The number of nitrogens with zero attached hydrogens (tertiary/aromatic N) is 2. The molecule has 11 aromatic rings. The third kappa shape index (κ3) is 3.90. The quantitative estimate of drug-likeness (QED) is 0.177. The van der Waals surface area contributed by atoms with Gasteiger partial charge < -0.3 is 0 Å². The van der Waals surface area contributed by atoms with Gasteiger partial charge in [0.1, 0.15) is 0 Å². The van der Waals surface area contributed by atoms with Crippen molar-refractivity contribution in [1.82, 2.24) is 9.97 Å². The molecule has 2 aromatic heterocycles. The first kappa shape index (κ1) is 30.4. The summed E-state index contributed by atoms with van der Waals surface area (Å²) in [6, 6.07) is 67.0. The third-order valence-corrected chi connectivity index (χ3v) is 13.6. The molecular weight excluding hydrogens is 697 g/mol. The lowest BCUT2D eigenvalue weighted by molar-refractivity contribution is 0.794. The first-order chi connectivity index (χ1) is 27.8. The van der Waals surface area contributed by atoms with Crippen LogP contribution >= 0.6 is 11.3 Å². The minimum Gasteiger partial charge on any atom is -0.227 e. The second-order valence-electron chi connectivity index (χ2n) is 15.2. The van der Waals surface area contributed by atoms with Gasteiger partial charge in [-0.15, -0.1) is 11.3 Å². The number of thiophene rings is 1. The Morgan fingerprint density at radius 1 is 0.375 bits per heavy atom. The number of benzene rings is 9. The summed E-state index contributed by atoms with van der Waals surface area (Å²) in [5, 5.41) is 8.38. The van der Waals surface area contributed by atoms with Crippen molar-refractivity contribution in [2.45, 2.75) is 5.41 Å². The maximum Gasteiger partial charge on any atom is 0.160 e. The van der Waals surface area contributed by atoms with Gasteiger partial charge in [0.05, 0.1) is 16.6 Å². The van der Waals surface area contributed by atoms with E-state index in [1.54, 1.807) is 0 Å². The monoisotopic (exact) mass is 726 g/mol. The van der Waals surface area contributed by atoms with Crippen LogP contribution in [0.1, 0.15) is 22.3 Å². The Kier molecular flexibility index (Phi) is 6.01. The smallest absolute Gasteiger partial charge is 0.160 e. The summed E-state index contributed by atoms with van der Waals surface area (Å²) in [7, 11) is 0. The predicted octanol–water partition coefficient (Wildman–Crippen LogP) is 14.0. The van der Waals surface area contributed by atoms with E-state index in [4.69, 9.17) is 9.97 Å². The zero-order chi connectivity index (χ0) is 36.5. The van der Waals surface area contributed by atoms with E-state index >= 15 is 0 Å². The van der Waals surface area contributed by atoms with Gasteiger partial charge in [-0.05, 0) is 96.4 Å². The van der Waals surface area contributed by atoms with Gasteiger partial charge in [0.15, 0.2) is 5.82 Å². The van der Waals surface area contributed by atoms with Gasteiger partial charge in [0, 0.05) is 36.7 Å². The summed E-state index contributed by atoms with van der Waals surface area (Å²) in [6.45, 7) is 0. The van der Waals surface area contributed by atoms with E-state index in [1.165, 1.54) is 86.2 Å². The molecule has 0 bridgehead atoms. The lowest BCUT2D eigenvalue weighted by Crippen LogP contribution is -2.25. The maximum atomic E-state index is 5.58. The van der Waals surface area contributed by atoms with Gasteiger partial charge in [-0.25, -0.2) is 9.97 Å². The van der Waals surface area contributed by atoms with E-state index in [-0.39, 0.29) is 5.41 Å². The average Bonchev–Trinajstić information content (AvgIpc) is 3.88. The first-order valence-corrected chi connectivity index (χ1v) is 20.1. The zero-order valence-electron chi connectivity index (χ0n) is 30.1. The van der Waals surface area contributed by atoms with Crippen LogP contribution in [0.15, 0.2) is 182 Å². The van der Waals surface area contributed by atoms with Crippen LogP contribution in [0.5, 0.6) is 0 Å². The van der Waals surface area contributed by atoms with Crippen molar-refractivity contribution in [2.24, 2.45) is 0 Å². The van der Waals surface area contributed by atoms with Crippen LogP contribution in [0.2, 0.25) is 0 Å². The fourth-order valence-corrected chi connectivity index (χ4v) is 11.3. The van der Waals surface area contributed by atoms with Crippen molar-refractivity contribution in [3.63, 3.8) is 0 Å². The fraction of sp³-hybridized carbons (Fsp3) is 0.0189. The Morgan fingerprint density at radius 2 is 0.964 bits per heavy atom. The molecule has 13 rings (SSSR count). The molecule has 2 heterocycles. The summed E-state index contributed by atoms with van der Waals surface area (Å²) < 4.78 is 2.51. The van der Waals surface area contributed by atoms with Gasteiger partial charge >= 0.3 is 0 Å².